The Balaban J connectivity index is 1.61. The van der Waals surface area contributed by atoms with Gasteiger partial charge in [0, 0.05) is 6.42 Å². The average Bonchev–Trinajstić information content (AvgIpc) is 2.82. The Hall–Kier alpha value is -3.15. The number of nitrogens with one attached hydrogen (secondary N) is 2. The molecule has 0 fully saturated rings. The number of hydrogen-bond acceptors (Lipinski definition) is 4. The molecule has 2 amide bonds. The van der Waals surface area contributed by atoms with Crippen molar-refractivity contribution < 1.29 is 14.3 Å². The number of hydrazone groups is 1. The Morgan fingerprint density at radius 1 is 0.906 bits per heavy atom. The SMILES string of the molecule is CCCCCCCCCC(=O)NCC(=O)NN=Cc1cccc(OCc2ccccc2)c1. The molecular weight excluding hydrogens is 402 g/mol. The number of hydrogen-bond donors (Lipinski definition) is 2. The molecule has 0 atom stereocenters. The number of carbonyl (C=O) groups excluding carboxylic acids is 2. The predicted molar refractivity (Wildman–Crippen MR) is 129 cm³/mol. The molecule has 2 rings (SSSR count). The molecule has 0 saturated heterocycles. The minimum absolute atomic E-state index is 0.0765. The third kappa shape index (κ3) is 11.3. The van der Waals surface area contributed by atoms with Gasteiger partial charge in [-0.15, -0.1) is 0 Å². The summed E-state index contributed by atoms with van der Waals surface area (Å²) in [6.45, 7) is 2.61. The van der Waals surface area contributed by atoms with Crippen molar-refractivity contribution in [3.8, 4) is 5.75 Å². The van der Waals surface area contributed by atoms with Gasteiger partial charge < -0.3 is 10.1 Å². The van der Waals surface area contributed by atoms with Crippen molar-refractivity contribution in [3.05, 3.63) is 65.7 Å². The average molecular weight is 438 g/mol. The van der Waals surface area contributed by atoms with Gasteiger partial charge in [-0.2, -0.15) is 5.10 Å². The third-order valence-electron chi connectivity index (χ3n) is 4.96. The normalized spacial score (nSPS) is 10.8. The van der Waals surface area contributed by atoms with Crippen molar-refractivity contribution >= 4 is 18.0 Å². The number of amides is 2. The fourth-order valence-corrected chi connectivity index (χ4v) is 3.15. The predicted octanol–water partition coefficient (Wildman–Crippen LogP) is 4.97. The van der Waals surface area contributed by atoms with E-state index in [-0.39, 0.29) is 18.4 Å². The molecule has 0 radical (unpaired) electrons. The fourth-order valence-electron chi connectivity index (χ4n) is 3.15. The molecular formula is C26H35N3O3. The van der Waals surface area contributed by atoms with Crippen LogP contribution in [0.15, 0.2) is 59.7 Å². The van der Waals surface area contributed by atoms with E-state index < -0.39 is 0 Å². The Labute approximate surface area is 191 Å². The van der Waals surface area contributed by atoms with E-state index in [2.05, 4.69) is 22.8 Å². The maximum atomic E-state index is 11.9. The summed E-state index contributed by atoms with van der Waals surface area (Å²) in [4.78, 5) is 23.7. The Morgan fingerprint density at radius 3 is 2.44 bits per heavy atom. The maximum Gasteiger partial charge on any atom is 0.259 e. The summed E-state index contributed by atoms with van der Waals surface area (Å²) in [6, 6.07) is 17.4. The van der Waals surface area contributed by atoms with Crippen molar-refractivity contribution in [2.24, 2.45) is 5.10 Å². The Morgan fingerprint density at radius 2 is 1.66 bits per heavy atom. The van der Waals surface area contributed by atoms with Gasteiger partial charge in [0.15, 0.2) is 0 Å². The van der Waals surface area contributed by atoms with Gasteiger partial charge in [-0.05, 0) is 29.7 Å². The zero-order chi connectivity index (χ0) is 22.9. The van der Waals surface area contributed by atoms with Crippen LogP contribution in [0.1, 0.15) is 69.4 Å². The first-order valence-electron chi connectivity index (χ1n) is 11.5. The topological polar surface area (TPSA) is 79.8 Å². The molecule has 0 saturated carbocycles. The largest absolute Gasteiger partial charge is 0.489 e. The lowest BCUT2D eigenvalue weighted by atomic mass is 10.1. The van der Waals surface area contributed by atoms with E-state index in [9.17, 15) is 9.59 Å². The summed E-state index contributed by atoms with van der Waals surface area (Å²) >= 11 is 0. The number of rotatable bonds is 15. The van der Waals surface area contributed by atoms with E-state index in [0.717, 1.165) is 29.7 Å². The minimum Gasteiger partial charge on any atom is -0.489 e. The molecule has 2 aromatic rings. The second-order valence-corrected chi connectivity index (χ2v) is 7.79. The zero-order valence-electron chi connectivity index (χ0n) is 19.0. The lowest BCUT2D eigenvalue weighted by Crippen LogP contribution is -2.34. The fraction of sp³-hybridized carbons (Fsp3) is 0.423. The summed E-state index contributed by atoms with van der Waals surface area (Å²) in [6.07, 6.45) is 10.1. The van der Waals surface area contributed by atoms with Crippen LogP contribution in [0.25, 0.3) is 0 Å². The van der Waals surface area contributed by atoms with E-state index in [0.29, 0.717) is 13.0 Å². The monoisotopic (exact) mass is 437 g/mol. The number of carbonyl (C=O) groups is 2. The first-order valence-corrected chi connectivity index (χ1v) is 11.5. The van der Waals surface area contributed by atoms with E-state index in [4.69, 9.17) is 4.74 Å². The summed E-state index contributed by atoms with van der Waals surface area (Å²) < 4.78 is 5.79. The summed E-state index contributed by atoms with van der Waals surface area (Å²) in [5, 5.41) is 6.60. The number of benzene rings is 2. The molecule has 0 heterocycles. The first kappa shape index (κ1) is 25.1. The van der Waals surface area contributed by atoms with Crippen LogP contribution in [0.5, 0.6) is 5.75 Å². The summed E-state index contributed by atoms with van der Waals surface area (Å²) in [5.74, 6) is 0.272. The lowest BCUT2D eigenvalue weighted by Gasteiger charge is -2.07. The van der Waals surface area contributed by atoms with E-state index in [1.165, 1.54) is 32.1 Å². The number of unbranched alkanes of at least 4 members (excludes halogenated alkanes) is 6. The van der Waals surface area contributed by atoms with Crippen molar-refractivity contribution in [1.82, 2.24) is 10.7 Å². The molecule has 6 heteroatoms. The number of ether oxygens (including phenoxy) is 1. The van der Waals surface area contributed by atoms with Crippen LogP contribution in [0.2, 0.25) is 0 Å². The second-order valence-electron chi connectivity index (χ2n) is 7.79. The van der Waals surface area contributed by atoms with Crippen LogP contribution in [-0.4, -0.2) is 24.6 Å². The Bertz CT molecular complexity index is 837. The minimum atomic E-state index is -0.356. The molecule has 0 spiro atoms. The molecule has 2 N–H and O–H groups in total. The van der Waals surface area contributed by atoms with Gasteiger partial charge in [-0.3, -0.25) is 9.59 Å². The first-order chi connectivity index (χ1) is 15.7. The Kier molecular flexibility index (Phi) is 12.3. The van der Waals surface area contributed by atoms with Gasteiger partial charge in [0.1, 0.15) is 12.4 Å². The zero-order valence-corrected chi connectivity index (χ0v) is 19.0. The number of nitrogens with zero attached hydrogens (tertiary/aromatic N) is 1. The third-order valence-corrected chi connectivity index (χ3v) is 4.96. The van der Waals surface area contributed by atoms with Crippen LogP contribution in [0, 0.1) is 0 Å². The van der Waals surface area contributed by atoms with E-state index >= 15 is 0 Å². The van der Waals surface area contributed by atoms with Crippen LogP contribution in [0.4, 0.5) is 0 Å². The van der Waals surface area contributed by atoms with E-state index in [1.807, 2.05) is 54.6 Å². The van der Waals surface area contributed by atoms with Crippen LogP contribution in [-0.2, 0) is 16.2 Å². The highest BCUT2D eigenvalue weighted by molar-refractivity contribution is 5.86. The molecule has 32 heavy (non-hydrogen) atoms. The van der Waals surface area contributed by atoms with Gasteiger partial charge in [0.05, 0.1) is 12.8 Å². The molecule has 2 aromatic carbocycles. The van der Waals surface area contributed by atoms with Gasteiger partial charge >= 0.3 is 0 Å². The van der Waals surface area contributed by atoms with Crippen molar-refractivity contribution in [2.75, 3.05) is 6.54 Å². The molecule has 0 aromatic heterocycles. The van der Waals surface area contributed by atoms with Gasteiger partial charge in [0.2, 0.25) is 5.91 Å². The highest BCUT2D eigenvalue weighted by atomic mass is 16.5. The van der Waals surface area contributed by atoms with Gasteiger partial charge in [-0.25, -0.2) is 5.43 Å². The molecule has 0 unspecified atom stereocenters. The summed E-state index contributed by atoms with van der Waals surface area (Å²) in [5.41, 5.74) is 4.33. The maximum absolute atomic E-state index is 11.9. The highest BCUT2D eigenvalue weighted by Gasteiger charge is 2.04. The van der Waals surface area contributed by atoms with Crippen molar-refractivity contribution in [3.63, 3.8) is 0 Å². The molecule has 6 nitrogen and oxygen atoms in total. The molecule has 0 aliphatic rings. The van der Waals surface area contributed by atoms with E-state index in [1.54, 1.807) is 6.21 Å². The lowest BCUT2D eigenvalue weighted by molar-refractivity contribution is -0.126. The molecule has 172 valence electrons. The van der Waals surface area contributed by atoms with Crippen LogP contribution < -0.4 is 15.5 Å². The van der Waals surface area contributed by atoms with Crippen molar-refractivity contribution in [2.45, 2.75) is 64.9 Å². The van der Waals surface area contributed by atoms with Gasteiger partial charge in [-0.1, -0.05) is 87.9 Å². The standard InChI is InChI=1S/C26H35N3O3/c1-2-3-4-5-6-7-11-17-25(30)27-20-26(31)29-28-19-23-15-12-16-24(18-23)32-21-22-13-9-8-10-14-22/h8-10,12-16,18-19H,2-7,11,17,20-21H2,1H3,(H,27,30)(H,29,31). The highest BCUT2D eigenvalue weighted by Crippen LogP contribution is 2.14. The summed E-state index contributed by atoms with van der Waals surface area (Å²) in [7, 11) is 0. The van der Waals surface area contributed by atoms with Crippen molar-refractivity contribution in [1.29, 1.82) is 0 Å². The van der Waals surface area contributed by atoms with Crippen LogP contribution in [0.3, 0.4) is 0 Å². The molecule has 0 bridgehead atoms. The van der Waals surface area contributed by atoms with Gasteiger partial charge in [0.25, 0.3) is 5.91 Å². The molecule has 0 aliphatic heterocycles. The molecule has 0 aliphatic carbocycles. The van der Waals surface area contributed by atoms with Crippen LogP contribution >= 0.6 is 0 Å². The smallest absolute Gasteiger partial charge is 0.259 e. The quantitative estimate of drug-likeness (QED) is 0.234. The second kappa shape index (κ2) is 15.6.